The third-order valence-electron chi connectivity index (χ3n) is 3.23. The minimum atomic E-state index is -0.121. The van der Waals surface area contributed by atoms with Crippen LogP contribution in [-0.2, 0) is 0 Å². The average molecular weight is 298 g/mol. The molecule has 1 unspecified atom stereocenters. The number of likely N-dealkylation sites (N-methyl/N-ethyl adjacent to an activating group) is 1. The monoisotopic (exact) mass is 297 g/mol. The number of amides is 1. The lowest BCUT2D eigenvalue weighted by Crippen LogP contribution is -2.41. The number of hydrogen-bond acceptors (Lipinski definition) is 3. The maximum atomic E-state index is 12.1. The van der Waals surface area contributed by atoms with Crippen molar-refractivity contribution in [1.29, 1.82) is 0 Å². The smallest absolute Gasteiger partial charge is 0.251 e. The van der Waals surface area contributed by atoms with E-state index in [1.807, 2.05) is 14.1 Å². The van der Waals surface area contributed by atoms with Crippen molar-refractivity contribution in [3.05, 3.63) is 28.8 Å². The molecule has 4 nitrogen and oxygen atoms in total. The number of nitrogens with zero attached hydrogens (tertiary/aromatic N) is 1. The molecule has 0 fully saturated rings. The van der Waals surface area contributed by atoms with E-state index in [0.717, 1.165) is 6.42 Å². The van der Waals surface area contributed by atoms with Gasteiger partial charge in [-0.2, -0.15) is 0 Å². The molecule has 3 N–H and O–H groups in total. The molecule has 1 atom stereocenters. The second kappa shape index (κ2) is 7.50. The normalized spacial score (nSPS) is 12.8. The fourth-order valence-electron chi connectivity index (χ4n) is 2.02. The highest BCUT2D eigenvalue weighted by Gasteiger charge is 2.15. The molecule has 0 saturated heterocycles. The van der Waals surface area contributed by atoms with Crippen LogP contribution in [0.15, 0.2) is 18.2 Å². The van der Waals surface area contributed by atoms with Gasteiger partial charge in [-0.05, 0) is 44.6 Å². The zero-order valence-corrected chi connectivity index (χ0v) is 13.4. The molecule has 0 heterocycles. The number of halogens is 1. The SMILES string of the molecule is CC(C)CC(CNC(=O)c1ccc(Cl)c(N)c1)N(C)C. The van der Waals surface area contributed by atoms with E-state index >= 15 is 0 Å². The second-order valence-corrected chi connectivity index (χ2v) is 6.10. The number of anilines is 1. The van der Waals surface area contributed by atoms with Gasteiger partial charge < -0.3 is 16.0 Å². The quantitative estimate of drug-likeness (QED) is 0.794. The molecule has 0 aliphatic heterocycles. The molecule has 5 heteroatoms. The lowest BCUT2D eigenvalue weighted by molar-refractivity contribution is 0.0938. The molecule has 0 bridgehead atoms. The van der Waals surface area contributed by atoms with Gasteiger partial charge in [0.1, 0.15) is 0 Å². The van der Waals surface area contributed by atoms with Gasteiger partial charge in [0.25, 0.3) is 5.91 Å². The minimum absolute atomic E-state index is 0.121. The van der Waals surface area contributed by atoms with Gasteiger partial charge >= 0.3 is 0 Å². The van der Waals surface area contributed by atoms with Crippen molar-refractivity contribution in [2.75, 3.05) is 26.4 Å². The topological polar surface area (TPSA) is 58.4 Å². The van der Waals surface area contributed by atoms with E-state index in [-0.39, 0.29) is 5.91 Å². The van der Waals surface area contributed by atoms with Crippen molar-refractivity contribution >= 4 is 23.2 Å². The van der Waals surface area contributed by atoms with Gasteiger partial charge in [0.05, 0.1) is 10.7 Å². The van der Waals surface area contributed by atoms with Gasteiger partial charge in [0, 0.05) is 18.2 Å². The van der Waals surface area contributed by atoms with E-state index in [1.165, 1.54) is 0 Å². The molecule has 1 aromatic rings. The summed E-state index contributed by atoms with van der Waals surface area (Å²) in [5.74, 6) is 0.467. The molecule has 0 aliphatic rings. The molecule has 1 amide bonds. The summed E-state index contributed by atoms with van der Waals surface area (Å²) in [4.78, 5) is 14.2. The molecule has 0 aliphatic carbocycles. The predicted octanol–water partition coefficient (Wildman–Crippen LogP) is 2.63. The number of nitrogens with one attached hydrogen (secondary N) is 1. The molecule has 1 aromatic carbocycles. The van der Waals surface area contributed by atoms with Crippen LogP contribution in [0.1, 0.15) is 30.6 Å². The molecule has 0 spiro atoms. The van der Waals surface area contributed by atoms with Gasteiger partial charge in [-0.15, -0.1) is 0 Å². The number of nitrogen functional groups attached to an aromatic ring is 1. The standard InChI is InChI=1S/C15H24ClN3O/c1-10(2)7-12(19(3)4)9-18-15(20)11-5-6-13(16)14(17)8-11/h5-6,8,10,12H,7,9,17H2,1-4H3,(H,18,20). The van der Waals surface area contributed by atoms with Crippen LogP contribution in [0.5, 0.6) is 0 Å². The van der Waals surface area contributed by atoms with Crippen LogP contribution in [0, 0.1) is 5.92 Å². The summed E-state index contributed by atoms with van der Waals surface area (Å²) in [6.07, 6.45) is 1.04. The maximum absolute atomic E-state index is 12.1. The van der Waals surface area contributed by atoms with Gasteiger partial charge in [-0.3, -0.25) is 4.79 Å². The largest absolute Gasteiger partial charge is 0.398 e. The number of hydrogen-bond donors (Lipinski definition) is 2. The summed E-state index contributed by atoms with van der Waals surface area (Å²) >= 11 is 5.85. The molecule has 0 radical (unpaired) electrons. The van der Waals surface area contributed by atoms with Gasteiger partial charge in [-0.25, -0.2) is 0 Å². The number of nitrogens with two attached hydrogens (primary N) is 1. The second-order valence-electron chi connectivity index (χ2n) is 5.69. The summed E-state index contributed by atoms with van der Waals surface area (Å²) < 4.78 is 0. The Morgan fingerprint density at radius 1 is 1.40 bits per heavy atom. The first-order valence-electron chi connectivity index (χ1n) is 6.81. The highest BCUT2D eigenvalue weighted by atomic mass is 35.5. The molecule has 0 saturated carbocycles. The summed E-state index contributed by atoms with van der Waals surface area (Å²) in [6.45, 7) is 4.98. The Hall–Kier alpha value is -1.26. The average Bonchev–Trinajstić information content (AvgIpc) is 2.36. The lowest BCUT2D eigenvalue weighted by Gasteiger charge is -2.26. The van der Waals surface area contributed by atoms with E-state index in [0.29, 0.717) is 34.8 Å². The molecular formula is C15H24ClN3O. The molecule has 112 valence electrons. The van der Waals surface area contributed by atoms with Crippen LogP contribution in [-0.4, -0.2) is 37.5 Å². The maximum Gasteiger partial charge on any atom is 0.251 e. The first-order valence-corrected chi connectivity index (χ1v) is 7.18. The Morgan fingerprint density at radius 2 is 2.05 bits per heavy atom. The van der Waals surface area contributed by atoms with Crippen LogP contribution in [0.2, 0.25) is 5.02 Å². The molecular weight excluding hydrogens is 274 g/mol. The lowest BCUT2D eigenvalue weighted by atomic mass is 10.0. The van der Waals surface area contributed by atoms with Crippen LogP contribution >= 0.6 is 11.6 Å². The summed E-state index contributed by atoms with van der Waals surface area (Å²) in [7, 11) is 4.05. The van der Waals surface area contributed by atoms with Crippen molar-refractivity contribution in [2.24, 2.45) is 5.92 Å². The molecule has 1 rings (SSSR count). The van der Waals surface area contributed by atoms with E-state index in [1.54, 1.807) is 18.2 Å². The highest BCUT2D eigenvalue weighted by molar-refractivity contribution is 6.33. The van der Waals surface area contributed by atoms with Crippen LogP contribution in [0.4, 0.5) is 5.69 Å². The number of carbonyl (C=O) groups is 1. The Balaban J connectivity index is 2.63. The minimum Gasteiger partial charge on any atom is -0.398 e. The first kappa shape index (κ1) is 16.8. The van der Waals surface area contributed by atoms with Crippen LogP contribution in [0.25, 0.3) is 0 Å². The number of benzene rings is 1. The van der Waals surface area contributed by atoms with Gasteiger partial charge in [-0.1, -0.05) is 25.4 Å². The molecule has 0 aromatic heterocycles. The molecule has 20 heavy (non-hydrogen) atoms. The Bertz CT molecular complexity index is 460. The fourth-order valence-corrected chi connectivity index (χ4v) is 2.14. The number of rotatable bonds is 6. The van der Waals surface area contributed by atoms with E-state index in [4.69, 9.17) is 17.3 Å². The van der Waals surface area contributed by atoms with E-state index < -0.39 is 0 Å². The van der Waals surface area contributed by atoms with E-state index in [9.17, 15) is 4.79 Å². The Morgan fingerprint density at radius 3 is 2.55 bits per heavy atom. The summed E-state index contributed by atoms with van der Waals surface area (Å²) in [5.41, 5.74) is 6.67. The Kier molecular flexibility index (Phi) is 6.30. The third kappa shape index (κ3) is 5.02. The summed E-state index contributed by atoms with van der Waals surface area (Å²) in [5, 5.41) is 3.42. The first-order chi connectivity index (χ1) is 9.31. The van der Waals surface area contributed by atoms with Crippen molar-refractivity contribution in [1.82, 2.24) is 10.2 Å². The predicted molar refractivity (Wildman–Crippen MR) is 85.1 cm³/mol. The summed E-state index contributed by atoms with van der Waals surface area (Å²) in [6, 6.07) is 5.25. The van der Waals surface area contributed by atoms with Gasteiger partial charge in [0.2, 0.25) is 0 Å². The fraction of sp³-hybridized carbons (Fsp3) is 0.533. The van der Waals surface area contributed by atoms with Crippen LogP contribution < -0.4 is 11.1 Å². The van der Waals surface area contributed by atoms with Crippen molar-refractivity contribution in [3.8, 4) is 0 Å². The van der Waals surface area contributed by atoms with Crippen LogP contribution in [0.3, 0.4) is 0 Å². The van der Waals surface area contributed by atoms with Crippen molar-refractivity contribution in [3.63, 3.8) is 0 Å². The zero-order chi connectivity index (χ0) is 15.3. The Labute approximate surface area is 126 Å². The van der Waals surface area contributed by atoms with Gasteiger partial charge in [0.15, 0.2) is 0 Å². The third-order valence-corrected chi connectivity index (χ3v) is 3.57. The van der Waals surface area contributed by atoms with Crippen molar-refractivity contribution < 1.29 is 4.79 Å². The van der Waals surface area contributed by atoms with E-state index in [2.05, 4.69) is 24.1 Å². The highest BCUT2D eigenvalue weighted by Crippen LogP contribution is 2.19. The zero-order valence-electron chi connectivity index (χ0n) is 12.6. The number of carbonyl (C=O) groups excluding carboxylic acids is 1. The van der Waals surface area contributed by atoms with Crippen molar-refractivity contribution in [2.45, 2.75) is 26.3 Å².